The fourth-order valence-electron chi connectivity index (χ4n) is 4.77. The van der Waals surface area contributed by atoms with Gasteiger partial charge < -0.3 is 5.32 Å². The van der Waals surface area contributed by atoms with Gasteiger partial charge in [0.25, 0.3) is 5.91 Å². The standard InChI is InChI=1S/C28H22N4O/c1-17(22-8-4-6-18-5-2-3-7-23(18)22)31-28(33)26-14-20-13-21-16-30-27(19-9-11-29-12-10-19)24(21)15-25(20)32-26/h2-13,15,17H,14,16H2,1H3,(H,31,33)/t17-/m1/s1. The predicted molar refractivity (Wildman–Crippen MR) is 131 cm³/mol. The van der Waals surface area contributed by atoms with Gasteiger partial charge in [-0.2, -0.15) is 0 Å². The van der Waals surface area contributed by atoms with E-state index in [1.807, 2.05) is 37.3 Å². The van der Waals surface area contributed by atoms with Gasteiger partial charge in [-0.25, -0.2) is 4.99 Å². The predicted octanol–water partition coefficient (Wildman–Crippen LogP) is 5.09. The number of benzene rings is 3. The van der Waals surface area contributed by atoms with Crippen LogP contribution in [0.4, 0.5) is 5.69 Å². The Morgan fingerprint density at radius 1 is 0.970 bits per heavy atom. The van der Waals surface area contributed by atoms with Crippen LogP contribution in [0.25, 0.3) is 10.8 Å². The second-order valence-electron chi connectivity index (χ2n) is 8.54. The molecule has 1 amide bonds. The molecule has 1 atom stereocenters. The van der Waals surface area contributed by atoms with Crippen molar-refractivity contribution in [2.24, 2.45) is 9.98 Å². The van der Waals surface area contributed by atoms with Gasteiger partial charge >= 0.3 is 0 Å². The van der Waals surface area contributed by atoms with Gasteiger partial charge in [-0.1, -0.05) is 48.5 Å². The van der Waals surface area contributed by atoms with Crippen LogP contribution in [-0.2, 0) is 17.8 Å². The van der Waals surface area contributed by atoms with E-state index in [2.05, 4.69) is 46.7 Å². The maximum atomic E-state index is 13.1. The number of aliphatic imine (C=N–C) groups is 2. The Balaban J connectivity index is 1.25. The van der Waals surface area contributed by atoms with E-state index in [0.29, 0.717) is 18.7 Å². The molecule has 0 bridgehead atoms. The van der Waals surface area contributed by atoms with Crippen molar-refractivity contribution in [3.05, 3.63) is 107 Å². The Hall–Kier alpha value is -4.12. The Morgan fingerprint density at radius 2 is 1.79 bits per heavy atom. The first-order valence-corrected chi connectivity index (χ1v) is 11.1. The maximum Gasteiger partial charge on any atom is 0.266 e. The van der Waals surface area contributed by atoms with Crippen LogP contribution in [0.15, 0.2) is 89.1 Å². The molecule has 0 unspecified atom stereocenters. The topological polar surface area (TPSA) is 66.7 Å². The van der Waals surface area contributed by atoms with Gasteiger partial charge in [0, 0.05) is 29.9 Å². The zero-order valence-corrected chi connectivity index (χ0v) is 18.2. The largest absolute Gasteiger partial charge is 0.344 e. The summed E-state index contributed by atoms with van der Waals surface area (Å²) in [6.45, 7) is 2.67. The molecule has 160 valence electrons. The molecule has 1 N–H and O–H groups in total. The molecule has 2 aliphatic heterocycles. The minimum atomic E-state index is -0.120. The minimum absolute atomic E-state index is 0.116. The molecule has 4 aromatic rings. The van der Waals surface area contributed by atoms with Crippen LogP contribution in [-0.4, -0.2) is 22.3 Å². The van der Waals surface area contributed by atoms with Crippen molar-refractivity contribution in [3.8, 4) is 0 Å². The Morgan fingerprint density at radius 3 is 2.67 bits per heavy atom. The van der Waals surface area contributed by atoms with Gasteiger partial charge in [0.1, 0.15) is 5.71 Å². The van der Waals surface area contributed by atoms with Crippen molar-refractivity contribution in [1.29, 1.82) is 0 Å². The van der Waals surface area contributed by atoms with Gasteiger partial charge in [0.05, 0.1) is 24.0 Å². The lowest BCUT2D eigenvalue weighted by atomic mass is 9.97. The summed E-state index contributed by atoms with van der Waals surface area (Å²) < 4.78 is 0. The lowest BCUT2D eigenvalue weighted by Gasteiger charge is -2.16. The van der Waals surface area contributed by atoms with Gasteiger partial charge in [0.15, 0.2) is 0 Å². The molecule has 0 radical (unpaired) electrons. The van der Waals surface area contributed by atoms with Crippen LogP contribution in [0.1, 0.15) is 40.8 Å². The summed E-state index contributed by atoms with van der Waals surface area (Å²) in [5.74, 6) is -0.116. The Bertz CT molecular complexity index is 1470. The second kappa shape index (κ2) is 7.78. The molecular formula is C28H22N4O. The van der Waals surface area contributed by atoms with E-state index in [0.717, 1.165) is 39.0 Å². The van der Waals surface area contributed by atoms with E-state index in [1.54, 1.807) is 12.4 Å². The number of nitrogens with zero attached hydrogens (tertiary/aromatic N) is 3. The number of amides is 1. The highest BCUT2D eigenvalue weighted by molar-refractivity contribution is 6.41. The lowest BCUT2D eigenvalue weighted by Crippen LogP contribution is -2.33. The van der Waals surface area contributed by atoms with E-state index in [1.165, 1.54) is 10.9 Å². The fourth-order valence-corrected chi connectivity index (χ4v) is 4.77. The molecule has 3 aromatic carbocycles. The van der Waals surface area contributed by atoms with Crippen molar-refractivity contribution < 1.29 is 4.79 Å². The smallest absolute Gasteiger partial charge is 0.266 e. The highest BCUT2D eigenvalue weighted by Gasteiger charge is 2.26. The van der Waals surface area contributed by atoms with Crippen LogP contribution >= 0.6 is 0 Å². The molecule has 0 fully saturated rings. The van der Waals surface area contributed by atoms with E-state index in [9.17, 15) is 4.79 Å². The number of carbonyl (C=O) groups is 1. The first kappa shape index (κ1) is 19.6. The van der Waals surface area contributed by atoms with Crippen LogP contribution < -0.4 is 5.32 Å². The zero-order chi connectivity index (χ0) is 22.4. The molecule has 5 heteroatoms. The van der Waals surface area contributed by atoms with Crippen molar-refractivity contribution in [3.63, 3.8) is 0 Å². The molecule has 6 rings (SSSR count). The van der Waals surface area contributed by atoms with E-state index < -0.39 is 0 Å². The highest BCUT2D eigenvalue weighted by Crippen LogP contribution is 2.34. The van der Waals surface area contributed by atoms with E-state index in [4.69, 9.17) is 9.98 Å². The summed E-state index contributed by atoms with van der Waals surface area (Å²) in [6, 6.07) is 22.5. The number of hydrogen-bond acceptors (Lipinski definition) is 4. The van der Waals surface area contributed by atoms with Crippen LogP contribution in [0.2, 0.25) is 0 Å². The number of fused-ring (bicyclic) bond motifs is 3. The molecule has 0 saturated heterocycles. The first-order valence-electron chi connectivity index (χ1n) is 11.1. The first-order chi connectivity index (χ1) is 16.2. The molecule has 33 heavy (non-hydrogen) atoms. The number of aromatic nitrogens is 1. The van der Waals surface area contributed by atoms with Crippen molar-refractivity contribution in [1.82, 2.24) is 10.3 Å². The number of hydrogen-bond donors (Lipinski definition) is 1. The molecular weight excluding hydrogens is 408 g/mol. The summed E-state index contributed by atoms with van der Waals surface area (Å²) in [7, 11) is 0. The normalized spacial score (nSPS) is 14.9. The Labute approximate surface area is 191 Å². The van der Waals surface area contributed by atoms with Crippen molar-refractivity contribution >= 4 is 33.8 Å². The third kappa shape index (κ3) is 3.42. The Kier molecular flexibility index (Phi) is 4.61. The average Bonchev–Trinajstić information content (AvgIpc) is 3.46. The van der Waals surface area contributed by atoms with Gasteiger partial charge in [-0.05, 0) is 52.6 Å². The van der Waals surface area contributed by atoms with Crippen molar-refractivity contribution in [2.75, 3.05) is 0 Å². The van der Waals surface area contributed by atoms with Crippen LogP contribution in [0.3, 0.4) is 0 Å². The zero-order valence-electron chi connectivity index (χ0n) is 18.2. The number of rotatable bonds is 4. The molecule has 1 aromatic heterocycles. The summed E-state index contributed by atoms with van der Waals surface area (Å²) in [5, 5.41) is 5.48. The SMILES string of the molecule is C[C@@H](NC(=O)C1=Nc2cc3c(cc2C1)CN=C3c1ccncc1)c1cccc2ccccc12. The summed E-state index contributed by atoms with van der Waals surface area (Å²) in [5.41, 5.74) is 7.90. The number of carbonyl (C=O) groups excluding carboxylic acids is 1. The number of nitrogens with one attached hydrogen (secondary N) is 1. The molecule has 0 spiro atoms. The molecule has 3 heterocycles. The van der Waals surface area contributed by atoms with Gasteiger partial charge in [-0.3, -0.25) is 14.8 Å². The average molecular weight is 431 g/mol. The maximum absolute atomic E-state index is 13.1. The summed E-state index contributed by atoms with van der Waals surface area (Å²) >= 11 is 0. The molecule has 5 nitrogen and oxygen atoms in total. The third-order valence-electron chi connectivity index (χ3n) is 6.43. The van der Waals surface area contributed by atoms with E-state index >= 15 is 0 Å². The van der Waals surface area contributed by atoms with Gasteiger partial charge in [0.2, 0.25) is 0 Å². The molecule has 2 aliphatic rings. The quantitative estimate of drug-likeness (QED) is 0.490. The van der Waals surface area contributed by atoms with E-state index in [-0.39, 0.29) is 11.9 Å². The second-order valence-corrected chi connectivity index (χ2v) is 8.54. The summed E-state index contributed by atoms with van der Waals surface area (Å²) in [4.78, 5) is 26.6. The fraction of sp³-hybridized carbons (Fsp3) is 0.143. The summed E-state index contributed by atoms with van der Waals surface area (Å²) in [6.07, 6.45) is 4.10. The van der Waals surface area contributed by atoms with Crippen LogP contribution in [0, 0.1) is 0 Å². The van der Waals surface area contributed by atoms with Crippen LogP contribution in [0.5, 0.6) is 0 Å². The molecule has 0 aliphatic carbocycles. The minimum Gasteiger partial charge on any atom is -0.344 e. The van der Waals surface area contributed by atoms with Gasteiger partial charge in [-0.15, -0.1) is 0 Å². The molecule has 0 saturated carbocycles. The third-order valence-corrected chi connectivity index (χ3v) is 6.43. The number of pyridine rings is 1. The monoisotopic (exact) mass is 430 g/mol. The van der Waals surface area contributed by atoms with Crippen molar-refractivity contribution in [2.45, 2.75) is 25.9 Å². The highest BCUT2D eigenvalue weighted by atomic mass is 16.2. The lowest BCUT2D eigenvalue weighted by molar-refractivity contribution is -0.115.